The monoisotopic (exact) mass is 343 g/mol. The molecule has 4 heterocycles. The third-order valence-electron chi connectivity index (χ3n) is 5.28. The Morgan fingerprint density at radius 1 is 1.36 bits per heavy atom. The SMILES string of the molecule is CC(=O)N1[C@H](Cn2cccn2)C[C@@H]2CN(C(=O)c3ccno3)CC[C@@H]21. The molecule has 2 aromatic heterocycles. The van der Waals surface area contributed by atoms with Gasteiger partial charge < -0.3 is 14.3 Å². The van der Waals surface area contributed by atoms with Crippen molar-refractivity contribution in [2.45, 2.75) is 38.4 Å². The molecule has 8 heteroatoms. The molecular formula is C17H21N5O3. The Labute approximate surface area is 145 Å². The van der Waals surface area contributed by atoms with Gasteiger partial charge in [0.25, 0.3) is 5.91 Å². The summed E-state index contributed by atoms with van der Waals surface area (Å²) in [7, 11) is 0. The fraction of sp³-hybridized carbons (Fsp3) is 0.529. The number of aromatic nitrogens is 3. The molecule has 4 rings (SSSR count). The second-order valence-corrected chi connectivity index (χ2v) is 6.79. The lowest BCUT2D eigenvalue weighted by atomic mass is 9.92. The van der Waals surface area contributed by atoms with E-state index in [9.17, 15) is 9.59 Å². The average Bonchev–Trinajstić information content (AvgIpc) is 3.34. The number of hydrogen-bond donors (Lipinski definition) is 0. The highest BCUT2D eigenvalue weighted by Crippen LogP contribution is 2.36. The highest BCUT2D eigenvalue weighted by Gasteiger charge is 2.46. The first-order valence-electron chi connectivity index (χ1n) is 8.60. The van der Waals surface area contributed by atoms with Crippen molar-refractivity contribution in [2.24, 2.45) is 5.92 Å². The summed E-state index contributed by atoms with van der Waals surface area (Å²) in [5, 5.41) is 7.87. The second-order valence-electron chi connectivity index (χ2n) is 6.79. The van der Waals surface area contributed by atoms with Gasteiger partial charge in [-0.05, 0) is 24.8 Å². The maximum atomic E-state index is 12.5. The molecule has 0 saturated carbocycles. The molecule has 0 aromatic carbocycles. The Kier molecular flexibility index (Phi) is 4.03. The molecule has 3 atom stereocenters. The number of fused-ring (bicyclic) bond motifs is 1. The summed E-state index contributed by atoms with van der Waals surface area (Å²) in [5.74, 6) is 0.526. The van der Waals surface area contributed by atoms with E-state index >= 15 is 0 Å². The van der Waals surface area contributed by atoms with Crippen molar-refractivity contribution in [1.29, 1.82) is 0 Å². The van der Waals surface area contributed by atoms with Crippen LogP contribution in [0.3, 0.4) is 0 Å². The van der Waals surface area contributed by atoms with Gasteiger partial charge in [-0.3, -0.25) is 14.3 Å². The lowest BCUT2D eigenvalue weighted by Gasteiger charge is -2.38. The zero-order chi connectivity index (χ0) is 17.4. The molecule has 0 unspecified atom stereocenters. The number of hydrogen-bond acceptors (Lipinski definition) is 5. The van der Waals surface area contributed by atoms with Gasteiger partial charge in [0.15, 0.2) is 0 Å². The van der Waals surface area contributed by atoms with Gasteiger partial charge in [0, 0.05) is 44.5 Å². The van der Waals surface area contributed by atoms with Gasteiger partial charge in [-0.15, -0.1) is 0 Å². The molecule has 0 radical (unpaired) electrons. The van der Waals surface area contributed by atoms with Gasteiger partial charge in [0.05, 0.1) is 18.8 Å². The largest absolute Gasteiger partial charge is 0.351 e. The van der Waals surface area contributed by atoms with E-state index < -0.39 is 0 Å². The summed E-state index contributed by atoms with van der Waals surface area (Å²) in [6.45, 7) is 3.59. The van der Waals surface area contributed by atoms with Crippen LogP contribution < -0.4 is 0 Å². The van der Waals surface area contributed by atoms with Crippen LogP contribution in [0.5, 0.6) is 0 Å². The summed E-state index contributed by atoms with van der Waals surface area (Å²) >= 11 is 0. The number of rotatable bonds is 3. The van der Waals surface area contributed by atoms with Crippen LogP contribution in [0.25, 0.3) is 0 Å². The van der Waals surface area contributed by atoms with Gasteiger partial charge in [0.2, 0.25) is 11.7 Å². The van der Waals surface area contributed by atoms with E-state index in [0.717, 1.165) is 12.8 Å². The fourth-order valence-electron chi connectivity index (χ4n) is 4.30. The maximum Gasteiger partial charge on any atom is 0.292 e. The van der Waals surface area contributed by atoms with E-state index in [1.165, 1.54) is 6.20 Å². The molecule has 0 N–H and O–H groups in total. The van der Waals surface area contributed by atoms with Gasteiger partial charge >= 0.3 is 0 Å². The Balaban J connectivity index is 1.49. The maximum absolute atomic E-state index is 12.5. The van der Waals surface area contributed by atoms with E-state index in [1.807, 2.05) is 26.7 Å². The molecule has 132 valence electrons. The average molecular weight is 343 g/mol. The summed E-state index contributed by atoms with van der Waals surface area (Å²) in [6.07, 6.45) is 6.81. The van der Waals surface area contributed by atoms with Gasteiger partial charge in [-0.2, -0.15) is 5.10 Å². The number of likely N-dealkylation sites (tertiary alicyclic amines) is 2. The first-order chi connectivity index (χ1) is 12.1. The molecule has 0 aliphatic carbocycles. The molecule has 0 bridgehead atoms. The van der Waals surface area contributed by atoms with Gasteiger partial charge in [0.1, 0.15) is 0 Å². The number of carbonyl (C=O) groups is 2. The van der Waals surface area contributed by atoms with Crippen molar-refractivity contribution in [3.05, 3.63) is 36.5 Å². The zero-order valence-corrected chi connectivity index (χ0v) is 14.1. The summed E-state index contributed by atoms with van der Waals surface area (Å²) in [4.78, 5) is 28.6. The Hall–Kier alpha value is -2.64. The molecule has 2 aliphatic heterocycles. The normalized spacial score (nSPS) is 25.9. The van der Waals surface area contributed by atoms with E-state index in [4.69, 9.17) is 4.52 Å². The molecular weight excluding hydrogens is 322 g/mol. The van der Waals surface area contributed by atoms with Crippen LogP contribution in [-0.4, -0.2) is 61.7 Å². The van der Waals surface area contributed by atoms with E-state index in [2.05, 4.69) is 10.3 Å². The molecule has 2 aliphatic rings. The van der Waals surface area contributed by atoms with E-state index in [-0.39, 0.29) is 35.6 Å². The van der Waals surface area contributed by atoms with Crippen LogP contribution in [0, 0.1) is 5.92 Å². The molecule has 2 aromatic rings. The zero-order valence-electron chi connectivity index (χ0n) is 14.1. The van der Waals surface area contributed by atoms with Crippen LogP contribution in [0.1, 0.15) is 30.3 Å². The van der Waals surface area contributed by atoms with E-state index in [0.29, 0.717) is 19.6 Å². The van der Waals surface area contributed by atoms with Crippen molar-refractivity contribution in [1.82, 2.24) is 24.7 Å². The predicted octanol–water partition coefficient (Wildman–Crippen LogP) is 1.02. The fourth-order valence-corrected chi connectivity index (χ4v) is 4.30. The summed E-state index contributed by atoms with van der Waals surface area (Å²) in [6, 6.07) is 3.79. The van der Waals surface area contributed by atoms with Crippen molar-refractivity contribution in [3.63, 3.8) is 0 Å². The first kappa shape index (κ1) is 15.9. The van der Waals surface area contributed by atoms with Crippen LogP contribution in [-0.2, 0) is 11.3 Å². The standard InChI is InChI=1S/C17H21N5O3/c1-12(23)22-14(11-21-7-2-5-18-21)9-13-10-20(8-4-15(13)22)17(24)16-3-6-19-25-16/h2-3,5-7,13-15H,4,8-11H2,1H3/t13-,14+,15+/m1/s1. The second kappa shape index (κ2) is 6.34. The lowest BCUT2D eigenvalue weighted by Crippen LogP contribution is -2.50. The summed E-state index contributed by atoms with van der Waals surface area (Å²) < 4.78 is 6.86. The number of carbonyl (C=O) groups excluding carboxylic acids is 2. The third kappa shape index (κ3) is 2.92. The molecule has 2 saturated heterocycles. The highest BCUT2D eigenvalue weighted by atomic mass is 16.5. The van der Waals surface area contributed by atoms with Crippen molar-refractivity contribution >= 4 is 11.8 Å². The number of nitrogens with zero attached hydrogens (tertiary/aromatic N) is 5. The van der Waals surface area contributed by atoms with Crippen LogP contribution in [0.4, 0.5) is 0 Å². The Morgan fingerprint density at radius 2 is 2.24 bits per heavy atom. The van der Waals surface area contributed by atoms with Crippen LogP contribution in [0.15, 0.2) is 35.2 Å². The van der Waals surface area contributed by atoms with Crippen LogP contribution >= 0.6 is 0 Å². The predicted molar refractivity (Wildman–Crippen MR) is 87.5 cm³/mol. The van der Waals surface area contributed by atoms with Crippen molar-refractivity contribution in [3.8, 4) is 0 Å². The van der Waals surface area contributed by atoms with Crippen molar-refractivity contribution in [2.75, 3.05) is 13.1 Å². The van der Waals surface area contributed by atoms with E-state index in [1.54, 1.807) is 19.2 Å². The van der Waals surface area contributed by atoms with Crippen LogP contribution in [0.2, 0.25) is 0 Å². The summed E-state index contributed by atoms with van der Waals surface area (Å²) in [5.41, 5.74) is 0. The molecule has 25 heavy (non-hydrogen) atoms. The number of piperidine rings is 1. The quantitative estimate of drug-likeness (QED) is 0.831. The third-order valence-corrected chi connectivity index (χ3v) is 5.28. The Bertz CT molecular complexity index is 742. The molecule has 0 spiro atoms. The molecule has 2 fully saturated rings. The Morgan fingerprint density at radius 3 is 2.92 bits per heavy atom. The minimum absolute atomic E-state index is 0.0969. The number of amides is 2. The minimum atomic E-state index is -0.124. The smallest absolute Gasteiger partial charge is 0.292 e. The topological polar surface area (TPSA) is 84.5 Å². The molecule has 2 amide bonds. The minimum Gasteiger partial charge on any atom is -0.351 e. The first-order valence-corrected chi connectivity index (χ1v) is 8.60. The molecule has 8 nitrogen and oxygen atoms in total. The highest BCUT2D eigenvalue weighted by molar-refractivity contribution is 5.91. The van der Waals surface area contributed by atoms with Crippen molar-refractivity contribution < 1.29 is 14.1 Å². The van der Waals surface area contributed by atoms with Gasteiger partial charge in [-0.1, -0.05) is 5.16 Å². The van der Waals surface area contributed by atoms with Gasteiger partial charge in [-0.25, -0.2) is 0 Å². The lowest BCUT2D eigenvalue weighted by molar-refractivity contribution is -0.132.